The van der Waals surface area contributed by atoms with E-state index >= 15 is 0 Å². The summed E-state index contributed by atoms with van der Waals surface area (Å²) in [6.07, 6.45) is 7.29. The van der Waals surface area contributed by atoms with Gasteiger partial charge in [0.05, 0.1) is 0 Å². The Kier molecular flexibility index (Phi) is 5.97. The van der Waals surface area contributed by atoms with E-state index in [-0.39, 0.29) is 11.7 Å². The number of hydrogen-bond acceptors (Lipinski definition) is 2. The highest BCUT2D eigenvalue weighted by Gasteiger charge is 2.14. The van der Waals surface area contributed by atoms with Gasteiger partial charge in [0.15, 0.2) is 5.78 Å². The van der Waals surface area contributed by atoms with Crippen LogP contribution in [0.1, 0.15) is 66.9 Å². The standard InChI is InChI=1S/C18H25NO2/c1-2-3-4-12-19-18(21)11-10-17(20)16-9-8-14-6-5-7-15(14)13-16/h8-9,13H,2-7,10-12H2,1H3,(H,19,21). The number of Topliss-reactive ketones (excluding diaryl/α,β-unsaturated/α-hetero) is 1. The van der Waals surface area contributed by atoms with Gasteiger partial charge in [0.1, 0.15) is 0 Å². The molecule has 0 unspecified atom stereocenters. The van der Waals surface area contributed by atoms with E-state index in [1.165, 1.54) is 17.5 Å². The molecule has 0 radical (unpaired) electrons. The molecule has 0 heterocycles. The van der Waals surface area contributed by atoms with Crippen LogP contribution in [0.15, 0.2) is 18.2 Å². The molecule has 1 amide bonds. The Bertz CT molecular complexity index is 508. The molecule has 0 aromatic heterocycles. The lowest BCUT2D eigenvalue weighted by molar-refractivity contribution is -0.121. The van der Waals surface area contributed by atoms with E-state index in [1.807, 2.05) is 12.1 Å². The molecule has 1 aromatic rings. The van der Waals surface area contributed by atoms with Crippen LogP contribution in [0.25, 0.3) is 0 Å². The lowest BCUT2D eigenvalue weighted by Crippen LogP contribution is -2.24. The number of ketones is 1. The molecule has 0 atom stereocenters. The van der Waals surface area contributed by atoms with Crippen molar-refractivity contribution >= 4 is 11.7 Å². The minimum Gasteiger partial charge on any atom is -0.356 e. The smallest absolute Gasteiger partial charge is 0.220 e. The van der Waals surface area contributed by atoms with Gasteiger partial charge in [-0.25, -0.2) is 0 Å². The highest BCUT2D eigenvalue weighted by Crippen LogP contribution is 2.23. The molecule has 1 N–H and O–H groups in total. The monoisotopic (exact) mass is 287 g/mol. The maximum Gasteiger partial charge on any atom is 0.220 e. The van der Waals surface area contributed by atoms with Crippen molar-refractivity contribution in [2.45, 2.75) is 58.3 Å². The average molecular weight is 287 g/mol. The number of unbranched alkanes of at least 4 members (excludes halogenated alkanes) is 2. The van der Waals surface area contributed by atoms with E-state index in [9.17, 15) is 9.59 Å². The summed E-state index contributed by atoms with van der Waals surface area (Å²) in [5.74, 6) is 0.0639. The van der Waals surface area contributed by atoms with Gasteiger partial charge in [0, 0.05) is 24.9 Å². The first-order chi connectivity index (χ1) is 10.2. The zero-order valence-corrected chi connectivity index (χ0v) is 12.9. The number of carbonyl (C=O) groups excluding carboxylic acids is 2. The van der Waals surface area contributed by atoms with Gasteiger partial charge < -0.3 is 5.32 Å². The largest absolute Gasteiger partial charge is 0.356 e. The third-order valence-electron chi connectivity index (χ3n) is 4.10. The van der Waals surface area contributed by atoms with Gasteiger partial charge in [-0.15, -0.1) is 0 Å². The van der Waals surface area contributed by atoms with Gasteiger partial charge in [0.2, 0.25) is 5.91 Å². The summed E-state index contributed by atoms with van der Waals surface area (Å²) < 4.78 is 0. The maximum absolute atomic E-state index is 12.1. The van der Waals surface area contributed by atoms with E-state index in [0.717, 1.165) is 44.2 Å². The van der Waals surface area contributed by atoms with Gasteiger partial charge in [0.25, 0.3) is 0 Å². The van der Waals surface area contributed by atoms with E-state index < -0.39 is 0 Å². The van der Waals surface area contributed by atoms with E-state index in [4.69, 9.17) is 0 Å². The summed E-state index contributed by atoms with van der Waals surface area (Å²) in [6, 6.07) is 6.00. The van der Waals surface area contributed by atoms with E-state index in [1.54, 1.807) is 0 Å². The minimum atomic E-state index is -0.0133. The Morgan fingerprint density at radius 1 is 1.10 bits per heavy atom. The fraction of sp³-hybridized carbons (Fsp3) is 0.556. The van der Waals surface area contributed by atoms with Gasteiger partial charge in [-0.05, 0) is 42.9 Å². The lowest BCUT2D eigenvalue weighted by atomic mass is 10.0. The minimum absolute atomic E-state index is 0.0133. The molecular weight excluding hydrogens is 262 g/mol. The molecule has 0 bridgehead atoms. The molecule has 1 aliphatic carbocycles. The van der Waals surface area contributed by atoms with Gasteiger partial charge >= 0.3 is 0 Å². The predicted octanol–water partition coefficient (Wildman–Crippen LogP) is 3.44. The van der Waals surface area contributed by atoms with Crippen molar-refractivity contribution < 1.29 is 9.59 Å². The van der Waals surface area contributed by atoms with E-state index in [2.05, 4.69) is 18.3 Å². The average Bonchev–Trinajstić information content (AvgIpc) is 2.96. The van der Waals surface area contributed by atoms with Crippen molar-refractivity contribution in [1.29, 1.82) is 0 Å². The summed E-state index contributed by atoms with van der Waals surface area (Å²) in [7, 11) is 0. The number of hydrogen-bond donors (Lipinski definition) is 1. The Hall–Kier alpha value is -1.64. The molecule has 0 fully saturated rings. The summed E-state index contributed by atoms with van der Waals surface area (Å²) >= 11 is 0. The second kappa shape index (κ2) is 7.96. The first-order valence-electron chi connectivity index (χ1n) is 8.12. The van der Waals surface area contributed by atoms with Crippen molar-refractivity contribution in [1.82, 2.24) is 5.32 Å². The van der Waals surface area contributed by atoms with Gasteiger partial charge in [-0.2, -0.15) is 0 Å². The fourth-order valence-corrected chi connectivity index (χ4v) is 2.81. The molecule has 0 saturated heterocycles. The zero-order chi connectivity index (χ0) is 15.1. The lowest BCUT2D eigenvalue weighted by Gasteiger charge is -2.06. The van der Waals surface area contributed by atoms with Crippen LogP contribution in [0.4, 0.5) is 0 Å². The molecule has 3 nitrogen and oxygen atoms in total. The molecule has 0 spiro atoms. The van der Waals surface area contributed by atoms with Crippen molar-refractivity contribution in [3.05, 3.63) is 34.9 Å². The molecule has 0 saturated carbocycles. The van der Waals surface area contributed by atoms with Crippen LogP contribution in [0, 0.1) is 0 Å². The second-order valence-electron chi connectivity index (χ2n) is 5.82. The molecule has 21 heavy (non-hydrogen) atoms. The Morgan fingerprint density at radius 2 is 1.90 bits per heavy atom. The number of rotatable bonds is 8. The van der Waals surface area contributed by atoms with Crippen molar-refractivity contribution in [3.8, 4) is 0 Å². The zero-order valence-electron chi connectivity index (χ0n) is 12.9. The van der Waals surface area contributed by atoms with Gasteiger partial charge in [-0.1, -0.05) is 31.9 Å². The topological polar surface area (TPSA) is 46.2 Å². The molecular formula is C18H25NO2. The number of aryl methyl sites for hydroxylation is 2. The predicted molar refractivity (Wildman–Crippen MR) is 84.6 cm³/mol. The highest BCUT2D eigenvalue weighted by molar-refractivity contribution is 5.98. The number of amides is 1. The summed E-state index contributed by atoms with van der Waals surface area (Å²) in [4.78, 5) is 23.8. The number of fused-ring (bicyclic) bond motifs is 1. The fourth-order valence-electron chi connectivity index (χ4n) is 2.81. The van der Waals surface area contributed by atoms with Crippen LogP contribution in [-0.2, 0) is 17.6 Å². The summed E-state index contributed by atoms with van der Waals surface area (Å²) in [5, 5.41) is 2.87. The van der Waals surface area contributed by atoms with Crippen LogP contribution in [0.5, 0.6) is 0 Å². The quantitative estimate of drug-likeness (QED) is 0.588. The summed E-state index contributed by atoms with van der Waals surface area (Å²) in [6.45, 7) is 2.86. The highest BCUT2D eigenvalue weighted by atomic mass is 16.2. The first kappa shape index (κ1) is 15.7. The molecule has 2 rings (SSSR count). The van der Waals surface area contributed by atoms with Crippen LogP contribution in [0.2, 0.25) is 0 Å². The van der Waals surface area contributed by atoms with Crippen LogP contribution >= 0.6 is 0 Å². The third-order valence-corrected chi connectivity index (χ3v) is 4.10. The maximum atomic E-state index is 12.1. The number of benzene rings is 1. The molecule has 1 aromatic carbocycles. The molecule has 0 aliphatic heterocycles. The number of nitrogens with one attached hydrogen (secondary N) is 1. The first-order valence-corrected chi connectivity index (χ1v) is 8.12. The molecule has 1 aliphatic rings. The van der Waals surface area contributed by atoms with Crippen LogP contribution in [-0.4, -0.2) is 18.2 Å². The Morgan fingerprint density at radius 3 is 2.71 bits per heavy atom. The van der Waals surface area contributed by atoms with Crippen molar-refractivity contribution in [2.24, 2.45) is 0 Å². The Labute approximate surface area is 127 Å². The van der Waals surface area contributed by atoms with Crippen molar-refractivity contribution in [2.75, 3.05) is 6.54 Å². The van der Waals surface area contributed by atoms with Crippen LogP contribution in [0.3, 0.4) is 0 Å². The number of carbonyl (C=O) groups is 2. The molecule has 3 heteroatoms. The van der Waals surface area contributed by atoms with Crippen molar-refractivity contribution in [3.63, 3.8) is 0 Å². The normalized spacial score (nSPS) is 13.0. The van der Waals surface area contributed by atoms with Gasteiger partial charge in [-0.3, -0.25) is 9.59 Å². The Balaban J connectivity index is 1.75. The summed E-state index contributed by atoms with van der Waals surface area (Å²) in [5.41, 5.74) is 3.44. The second-order valence-corrected chi connectivity index (χ2v) is 5.82. The van der Waals surface area contributed by atoms with E-state index in [0.29, 0.717) is 12.8 Å². The third kappa shape index (κ3) is 4.69. The molecule has 114 valence electrons. The SMILES string of the molecule is CCCCCNC(=O)CCC(=O)c1ccc2c(c1)CCC2. The van der Waals surface area contributed by atoms with Crippen LogP contribution < -0.4 is 5.32 Å².